The van der Waals surface area contributed by atoms with E-state index in [9.17, 15) is 9.18 Å². The van der Waals surface area contributed by atoms with Gasteiger partial charge >= 0.3 is 0 Å². The van der Waals surface area contributed by atoms with Crippen LogP contribution in [0.3, 0.4) is 0 Å². The highest BCUT2D eigenvalue weighted by Crippen LogP contribution is 2.26. The average molecular weight is 365 g/mol. The maximum atomic E-state index is 13.3. The molecule has 0 unspecified atom stereocenters. The molecular formula is C11H5BrCl2FN3O. The Labute approximate surface area is 126 Å². The summed E-state index contributed by atoms with van der Waals surface area (Å²) in [6.45, 7) is 0. The van der Waals surface area contributed by atoms with Gasteiger partial charge in [0.15, 0.2) is 10.3 Å². The largest absolute Gasteiger partial charge is 0.317 e. The fraction of sp³-hybridized carbons (Fsp3) is 0. The molecule has 0 radical (unpaired) electrons. The number of halogens is 4. The molecule has 98 valence electrons. The number of anilines is 1. The Morgan fingerprint density at radius 1 is 1.26 bits per heavy atom. The number of hydrogen-bond acceptors (Lipinski definition) is 3. The zero-order chi connectivity index (χ0) is 14.0. The van der Waals surface area contributed by atoms with Gasteiger partial charge in [-0.15, -0.1) is 0 Å². The van der Waals surface area contributed by atoms with Crippen LogP contribution in [0.15, 0.2) is 29.0 Å². The summed E-state index contributed by atoms with van der Waals surface area (Å²) in [4.78, 5) is 19.3. The molecule has 0 spiro atoms. The Kier molecular flexibility index (Phi) is 4.34. The minimum atomic E-state index is -0.565. The van der Waals surface area contributed by atoms with Crippen LogP contribution < -0.4 is 5.32 Å². The Bertz CT molecular complexity index is 634. The van der Waals surface area contributed by atoms with Crippen molar-refractivity contribution >= 4 is 50.7 Å². The van der Waals surface area contributed by atoms with Crippen molar-refractivity contribution in [2.45, 2.75) is 0 Å². The van der Waals surface area contributed by atoms with Crippen molar-refractivity contribution in [3.8, 4) is 0 Å². The quantitative estimate of drug-likeness (QED) is 0.821. The molecule has 1 heterocycles. The molecule has 0 atom stereocenters. The third kappa shape index (κ3) is 3.20. The number of nitrogens with one attached hydrogen (secondary N) is 1. The predicted octanol–water partition coefficient (Wildman–Crippen LogP) is 3.94. The molecule has 1 N–H and O–H groups in total. The van der Waals surface area contributed by atoms with E-state index in [-0.39, 0.29) is 26.0 Å². The summed E-state index contributed by atoms with van der Waals surface area (Å²) in [5.41, 5.74) is 0.204. The van der Waals surface area contributed by atoms with Gasteiger partial charge in [-0.05, 0) is 34.1 Å². The van der Waals surface area contributed by atoms with Crippen molar-refractivity contribution in [3.63, 3.8) is 0 Å². The van der Waals surface area contributed by atoms with Crippen molar-refractivity contribution < 1.29 is 9.18 Å². The molecule has 1 aromatic carbocycles. The van der Waals surface area contributed by atoms with Crippen molar-refractivity contribution in [1.82, 2.24) is 9.97 Å². The van der Waals surface area contributed by atoms with E-state index in [1.54, 1.807) is 0 Å². The van der Waals surface area contributed by atoms with Crippen LogP contribution >= 0.6 is 39.1 Å². The molecule has 2 rings (SSSR count). The maximum Gasteiger partial charge on any atom is 0.255 e. The highest BCUT2D eigenvalue weighted by molar-refractivity contribution is 9.10. The maximum absolute atomic E-state index is 13.3. The zero-order valence-corrected chi connectivity index (χ0v) is 12.2. The summed E-state index contributed by atoms with van der Waals surface area (Å²) in [7, 11) is 0. The molecule has 0 aliphatic rings. The second-order valence-electron chi connectivity index (χ2n) is 3.41. The minimum absolute atomic E-state index is 0.00549. The summed E-state index contributed by atoms with van der Waals surface area (Å²) < 4.78 is 13.6. The molecule has 0 saturated heterocycles. The van der Waals surface area contributed by atoms with E-state index in [0.29, 0.717) is 0 Å². The Morgan fingerprint density at radius 2 is 1.89 bits per heavy atom. The molecule has 0 fully saturated rings. The van der Waals surface area contributed by atoms with Crippen LogP contribution in [0.2, 0.25) is 10.3 Å². The predicted molar refractivity (Wildman–Crippen MR) is 74.1 cm³/mol. The summed E-state index contributed by atoms with van der Waals surface area (Å²) >= 11 is 14.6. The molecule has 2 aromatic rings. The van der Waals surface area contributed by atoms with E-state index in [1.807, 2.05) is 0 Å². The zero-order valence-electron chi connectivity index (χ0n) is 9.12. The van der Waals surface area contributed by atoms with Gasteiger partial charge in [-0.3, -0.25) is 4.79 Å². The van der Waals surface area contributed by atoms with E-state index in [1.165, 1.54) is 18.5 Å². The smallest absolute Gasteiger partial charge is 0.255 e. The fourth-order valence-electron chi connectivity index (χ4n) is 1.27. The number of hydrogen-bond donors (Lipinski definition) is 1. The Balaban J connectivity index is 2.28. The van der Waals surface area contributed by atoms with Crippen LogP contribution in [0.1, 0.15) is 10.4 Å². The van der Waals surface area contributed by atoms with Gasteiger partial charge in [-0.2, -0.15) is 0 Å². The lowest BCUT2D eigenvalue weighted by atomic mass is 10.2. The van der Waals surface area contributed by atoms with Gasteiger partial charge in [0.2, 0.25) is 0 Å². The lowest BCUT2D eigenvalue weighted by Crippen LogP contribution is -2.13. The topological polar surface area (TPSA) is 54.9 Å². The lowest BCUT2D eigenvalue weighted by molar-refractivity contribution is 0.102. The Hall–Kier alpha value is -1.24. The third-order valence-corrected chi connectivity index (χ3v) is 3.39. The third-order valence-electron chi connectivity index (χ3n) is 2.18. The van der Waals surface area contributed by atoms with Crippen LogP contribution in [0.4, 0.5) is 10.1 Å². The molecule has 1 aromatic heterocycles. The molecular weight excluding hydrogens is 360 g/mol. The number of carbonyl (C=O) groups is 1. The number of benzene rings is 1. The van der Waals surface area contributed by atoms with Gasteiger partial charge in [0, 0.05) is 5.56 Å². The summed E-state index contributed by atoms with van der Waals surface area (Å²) in [5.74, 6) is -1.11. The summed E-state index contributed by atoms with van der Waals surface area (Å²) in [6.07, 6.45) is 1.17. The SMILES string of the molecule is O=C(Nc1c(Cl)ncnc1Cl)c1ccc(Br)c(F)c1. The average Bonchev–Trinajstić information content (AvgIpc) is 2.37. The minimum Gasteiger partial charge on any atom is -0.317 e. The highest BCUT2D eigenvalue weighted by atomic mass is 79.9. The van der Waals surface area contributed by atoms with Crippen LogP contribution in [0.5, 0.6) is 0 Å². The van der Waals surface area contributed by atoms with Crippen molar-refractivity contribution in [3.05, 3.63) is 50.7 Å². The number of carbonyl (C=O) groups excluding carboxylic acids is 1. The molecule has 4 nitrogen and oxygen atoms in total. The van der Waals surface area contributed by atoms with Gasteiger partial charge in [0.05, 0.1) is 4.47 Å². The number of aromatic nitrogens is 2. The monoisotopic (exact) mass is 363 g/mol. The molecule has 0 saturated carbocycles. The summed E-state index contributed by atoms with van der Waals surface area (Å²) in [6, 6.07) is 3.97. The second-order valence-corrected chi connectivity index (χ2v) is 4.98. The highest BCUT2D eigenvalue weighted by Gasteiger charge is 2.14. The molecule has 19 heavy (non-hydrogen) atoms. The van der Waals surface area contributed by atoms with E-state index in [4.69, 9.17) is 23.2 Å². The number of nitrogens with zero attached hydrogens (tertiary/aromatic N) is 2. The van der Waals surface area contributed by atoms with E-state index in [0.717, 1.165) is 6.07 Å². The molecule has 8 heteroatoms. The van der Waals surface area contributed by atoms with Crippen LogP contribution in [0.25, 0.3) is 0 Å². The van der Waals surface area contributed by atoms with E-state index >= 15 is 0 Å². The number of rotatable bonds is 2. The van der Waals surface area contributed by atoms with E-state index < -0.39 is 11.7 Å². The first-order chi connectivity index (χ1) is 8.99. The van der Waals surface area contributed by atoms with Crippen molar-refractivity contribution in [1.29, 1.82) is 0 Å². The van der Waals surface area contributed by atoms with Gasteiger partial charge in [-0.1, -0.05) is 23.2 Å². The first kappa shape index (κ1) is 14.2. The molecule has 0 aliphatic carbocycles. The normalized spacial score (nSPS) is 10.3. The van der Waals surface area contributed by atoms with Crippen LogP contribution in [-0.2, 0) is 0 Å². The second kappa shape index (κ2) is 5.81. The molecule has 0 aliphatic heterocycles. The van der Waals surface area contributed by atoms with Gasteiger partial charge in [0.1, 0.15) is 17.8 Å². The lowest BCUT2D eigenvalue weighted by Gasteiger charge is -2.07. The molecule has 1 amide bonds. The fourth-order valence-corrected chi connectivity index (χ4v) is 1.93. The van der Waals surface area contributed by atoms with Gasteiger partial charge in [-0.25, -0.2) is 14.4 Å². The first-order valence-corrected chi connectivity index (χ1v) is 6.46. The standard InChI is InChI=1S/C11H5BrCl2FN3O/c12-6-2-1-5(3-7(6)15)11(19)18-8-9(13)16-4-17-10(8)14/h1-4H,(H,18,19). The first-order valence-electron chi connectivity index (χ1n) is 4.91. The van der Waals surface area contributed by atoms with Gasteiger partial charge < -0.3 is 5.32 Å². The van der Waals surface area contributed by atoms with E-state index in [2.05, 4.69) is 31.2 Å². The van der Waals surface area contributed by atoms with Gasteiger partial charge in [0.25, 0.3) is 5.91 Å². The van der Waals surface area contributed by atoms with Crippen LogP contribution in [-0.4, -0.2) is 15.9 Å². The Morgan fingerprint density at radius 3 is 2.47 bits per heavy atom. The molecule has 0 bridgehead atoms. The summed E-state index contributed by atoms with van der Waals surface area (Å²) in [5, 5.41) is 2.44. The van der Waals surface area contributed by atoms with Crippen molar-refractivity contribution in [2.75, 3.05) is 5.32 Å². The van der Waals surface area contributed by atoms with Crippen molar-refractivity contribution in [2.24, 2.45) is 0 Å². The number of amides is 1. The van der Waals surface area contributed by atoms with Crippen LogP contribution in [0, 0.1) is 5.82 Å².